The van der Waals surface area contributed by atoms with Crippen LogP contribution in [0.15, 0.2) is 18.3 Å². The molecule has 10 nitrogen and oxygen atoms in total. The van der Waals surface area contributed by atoms with Crippen LogP contribution in [0.25, 0.3) is 16.6 Å². The van der Waals surface area contributed by atoms with Gasteiger partial charge < -0.3 is 20.5 Å². The predicted octanol–water partition coefficient (Wildman–Crippen LogP) is 2.58. The summed E-state index contributed by atoms with van der Waals surface area (Å²) in [5.74, 6) is 1.29. The van der Waals surface area contributed by atoms with Crippen molar-refractivity contribution < 1.29 is 14.2 Å². The third-order valence-corrected chi connectivity index (χ3v) is 6.93. The molecule has 3 aromatic heterocycles. The van der Waals surface area contributed by atoms with Gasteiger partial charge in [-0.2, -0.15) is 9.61 Å². The number of benzene rings is 1. The van der Waals surface area contributed by atoms with Gasteiger partial charge in [0, 0.05) is 36.5 Å². The van der Waals surface area contributed by atoms with Crippen LogP contribution < -0.4 is 15.4 Å². The van der Waals surface area contributed by atoms with Gasteiger partial charge in [-0.15, -0.1) is 16.9 Å². The molecular formula is C22H27FN8O2S. The Morgan fingerprint density at radius 2 is 2.09 bits per heavy atom. The zero-order valence-electron chi connectivity index (χ0n) is 19.5. The van der Waals surface area contributed by atoms with Crippen LogP contribution in [0.1, 0.15) is 30.6 Å². The summed E-state index contributed by atoms with van der Waals surface area (Å²) in [6.45, 7) is 7.45. The number of anilines is 2. The molecule has 1 aliphatic heterocycles. The summed E-state index contributed by atoms with van der Waals surface area (Å²) < 4.78 is 22.7. The van der Waals surface area contributed by atoms with E-state index in [1.807, 2.05) is 13.1 Å². The summed E-state index contributed by atoms with van der Waals surface area (Å²) in [5, 5.41) is 19.9. The monoisotopic (exact) mass is 486 g/mol. The third kappa shape index (κ3) is 4.11. The van der Waals surface area contributed by atoms with Crippen LogP contribution in [-0.4, -0.2) is 66.0 Å². The zero-order valence-corrected chi connectivity index (χ0v) is 20.3. The highest BCUT2D eigenvalue weighted by Gasteiger charge is 2.28. The highest BCUT2D eigenvalue weighted by Crippen LogP contribution is 2.36. The Bertz CT molecular complexity index is 1380. The smallest absolute Gasteiger partial charge is 0.223 e. The molecule has 0 spiro atoms. The quantitative estimate of drug-likeness (QED) is 0.438. The molecule has 1 aromatic carbocycles. The van der Waals surface area contributed by atoms with Gasteiger partial charge in [0.2, 0.25) is 5.95 Å². The minimum atomic E-state index is -0.850. The van der Waals surface area contributed by atoms with Crippen LogP contribution in [0.5, 0.6) is 5.75 Å². The van der Waals surface area contributed by atoms with Crippen molar-refractivity contribution in [1.29, 1.82) is 0 Å². The average molecular weight is 487 g/mol. The number of nitrogens with zero attached hydrogens (tertiary/aromatic N) is 7. The standard InChI is InChI=1S/C22H27FN8O2S/c1-12-16(9-30(27-12)11-22(2,3)32)29-5-6-34-18(10-29)19-26-20-13-7-14(23)17(33-4)8-15(13)25-21(24)31(20)28-19/h7-9,18,32H,5-6,10-11H2,1-4H3,(H2,24,25). The van der Waals surface area contributed by atoms with Crippen molar-refractivity contribution >= 4 is 39.9 Å². The number of nitrogens with two attached hydrogens (primary N) is 1. The van der Waals surface area contributed by atoms with Gasteiger partial charge in [0.1, 0.15) is 0 Å². The lowest BCUT2D eigenvalue weighted by Crippen LogP contribution is -2.35. The van der Waals surface area contributed by atoms with E-state index in [1.165, 1.54) is 23.8 Å². The van der Waals surface area contributed by atoms with Crippen LogP contribution in [0.2, 0.25) is 0 Å². The Hall–Kier alpha value is -3.12. The molecule has 1 unspecified atom stereocenters. The van der Waals surface area contributed by atoms with Gasteiger partial charge in [-0.25, -0.2) is 14.4 Å². The molecule has 0 radical (unpaired) electrons. The summed E-state index contributed by atoms with van der Waals surface area (Å²) >= 11 is 1.77. The topological polar surface area (TPSA) is 120 Å². The first-order valence-electron chi connectivity index (χ1n) is 11.0. The minimum Gasteiger partial charge on any atom is -0.494 e. The lowest BCUT2D eigenvalue weighted by atomic mass is 10.1. The molecule has 34 heavy (non-hydrogen) atoms. The molecule has 5 rings (SSSR count). The first-order chi connectivity index (χ1) is 16.1. The molecule has 1 saturated heterocycles. The maximum atomic E-state index is 14.4. The fourth-order valence-electron chi connectivity index (χ4n) is 4.26. The van der Waals surface area contributed by atoms with Crippen LogP contribution in [-0.2, 0) is 6.54 Å². The Morgan fingerprint density at radius 3 is 2.82 bits per heavy atom. The van der Waals surface area contributed by atoms with E-state index in [9.17, 15) is 9.50 Å². The van der Waals surface area contributed by atoms with Crippen molar-refractivity contribution in [3.63, 3.8) is 0 Å². The molecule has 0 aliphatic carbocycles. The largest absolute Gasteiger partial charge is 0.494 e. The fourth-order valence-corrected chi connectivity index (χ4v) is 5.40. The second-order valence-corrected chi connectivity index (χ2v) is 10.4. The normalized spacial score (nSPS) is 17.1. The highest BCUT2D eigenvalue weighted by molar-refractivity contribution is 7.99. The first-order valence-corrected chi connectivity index (χ1v) is 12.0. The second kappa shape index (κ2) is 8.27. The molecule has 180 valence electrons. The Balaban J connectivity index is 1.48. The molecule has 0 amide bonds. The van der Waals surface area contributed by atoms with Crippen molar-refractivity contribution in [2.24, 2.45) is 0 Å². The van der Waals surface area contributed by atoms with E-state index in [0.29, 0.717) is 35.5 Å². The van der Waals surface area contributed by atoms with Crippen molar-refractivity contribution in [2.45, 2.75) is 38.2 Å². The number of rotatable bonds is 5. The highest BCUT2D eigenvalue weighted by atomic mass is 32.2. The van der Waals surface area contributed by atoms with Gasteiger partial charge >= 0.3 is 0 Å². The minimum absolute atomic E-state index is 0.0109. The van der Waals surface area contributed by atoms with Crippen LogP contribution >= 0.6 is 11.8 Å². The van der Waals surface area contributed by atoms with Gasteiger partial charge in [0.15, 0.2) is 23.0 Å². The van der Waals surface area contributed by atoms with Crippen molar-refractivity contribution in [2.75, 3.05) is 36.6 Å². The number of hydrogen-bond donors (Lipinski definition) is 2. The Morgan fingerprint density at radius 1 is 1.29 bits per heavy atom. The number of aliphatic hydroxyl groups is 1. The van der Waals surface area contributed by atoms with E-state index >= 15 is 0 Å². The number of aryl methyl sites for hydroxylation is 1. The molecule has 1 atom stereocenters. The third-order valence-electron chi connectivity index (χ3n) is 5.75. The second-order valence-electron chi connectivity index (χ2n) is 9.09. The molecular weight excluding hydrogens is 459 g/mol. The number of halogens is 1. The fraction of sp³-hybridized carbons (Fsp3) is 0.455. The molecule has 4 aromatic rings. The number of nitrogen functional groups attached to an aromatic ring is 1. The number of fused-ring (bicyclic) bond motifs is 3. The predicted molar refractivity (Wildman–Crippen MR) is 130 cm³/mol. The maximum Gasteiger partial charge on any atom is 0.223 e. The van der Waals surface area contributed by atoms with Gasteiger partial charge in [0.05, 0.1) is 41.4 Å². The van der Waals surface area contributed by atoms with Crippen LogP contribution in [0.3, 0.4) is 0 Å². The Labute approximate surface area is 199 Å². The molecule has 12 heteroatoms. The van der Waals surface area contributed by atoms with E-state index in [2.05, 4.69) is 20.1 Å². The Kier molecular flexibility index (Phi) is 5.52. The summed E-state index contributed by atoms with van der Waals surface area (Å²) in [6.07, 6.45) is 1.98. The molecule has 0 bridgehead atoms. The number of hydrogen-bond acceptors (Lipinski definition) is 9. The SMILES string of the molecule is COc1cc2nc(N)n3nc(C4CN(c5cn(CC(C)(C)O)nc5C)CCS4)nc3c2cc1F. The van der Waals surface area contributed by atoms with E-state index in [1.54, 1.807) is 30.3 Å². The number of aromatic nitrogens is 6. The lowest BCUT2D eigenvalue weighted by molar-refractivity contribution is 0.0577. The van der Waals surface area contributed by atoms with Crippen LogP contribution in [0.4, 0.5) is 16.0 Å². The van der Waals surface area contributed by atoms with Gasteiger partial charge in [-0.3, -0.25) is 4.68 Å². The van der Waals surface area contributed by atoms with Crippen molar-refractivity contribution in [1.82, 2.24) is 29.4 Å². The molecule has 1 fully saturated rings. The van der Waals surface area contributed by atoms with E-state index in [4.69, 9.17) is 15.5 Å². The van der Waals surface area contributed by atoms with Gasteiger partial charge in [0.25, 0.3) is 0 Å². The van der Waals surface area contributed by atoms with E-state index in [-0.39, 0.29) is 16.9 Å². The zero-order chi connectivity index (χ0) is 24.2. The van der Waals surface area contributed by atoms with Gasteiger partial charge in [-0.05, 0) is 26.8 Å². The summed E-state index contributed by atoms with van der Waals surface area (Å²) in [5.41, 5.74) is 8.19. The maximum absolute atomic E-state index is 14.4. The molecule has 3 N–H and O–H groups in total. The summed E-state index contributed by atoms with van der Waals surface area (Å²) in [6, 6.07) is 2.87. The average Bonchev–Trinajstić information content (AvgIpc) is 3.37. The van der Waals surface area contributed by atoms with E-state index in [0.717, 1.165) is 23.7 Å². The number of methoxy groups -OCH3 is 1. The molecule has 1 aliphatic rings. The lowest BCUT2D eigenvalue weighted by Gasteiger charge is -2.32. The van der Waals surface area contributed by atoms with E-state index < -0.39 is 11.4 Å². The van der Waals surface area contributed by atoms with Crippen molar-refractivity contribution in [3.8, 4) is 5.75 Å². The summed E-state index contributed by atoms with van der Waals surface area (Å²) in [7, 11) is 1.41. The van der Waals surface area contributed by atoms with Crippen molar-refractivity contribution in [3.05, 3.63) is 35.7 Å². The number of ether oxygens (including phenoxy) is 1. The number of thioether (sulfide) groups is 1. The molecule has 4 heterocycles. The molecule has 0 saturated carbocycles. The first kappa shape index (κ1) is 22.7. The van der Waals surface area contributed by atoms with Crippen LogP contribution in [0, 0.1) is 12.7 Å². The van der Waals surface area contributed by atoms with Gasteiger partial charge in [-0.1, -0.05) is 0 Å². The summed E-state index contributed by atoms with van der Waals surface area (Å²) in [4.78, 5) is 11.4.